The Hall–Kier alpha value is -2.89. The Kier molecular flexibility index (Phi) is 12.9. The molecule has 5 rings (SSSR count). The van der Waals surface area contributed by atoms with E-state index in [1.807, 2.05) is 69.5 Å². The van der Waals surface area contributed by atoms with Crippen LogP contribution in [0.25, 0.3) is 0 Å². The maximum absolute atomic E-state index is 14.8. The minimum atomic E-state index is -0.919. The molecule has 11 nitrogen and oxygen atoms in total. The van der Waals surface area contributed by atoms with Gasteiger partial charge < -0.3 is 38.8 Å². The van der Waals surface area contributed by atoms with E-state index < -0.39 is 35.4 Å². The third-order valence-electron chi connectivity index (χ3n) is 10.8. The van der Waals surface area contributed by atoms with Gasteiger partial charge in [0.2, 0.25) is 5.91 Å². The summed E-state index contributed by atoms with van der Waals surface area (Å²) < 4.78 is 23.7. The van der Waals surface area contributed by atoms with E-state index in [1.54, 1.807) is 4.90 Å². The van der Waals surface area contributed by atoms with Gasteiger partial charge in [0.05, 0.1) is 18.2 Å². The minimum Gasteiger partial charge on any atom is -0.481 e. The fourth-order valence-corrected chi connectivity index (χ4v) is 8.08. The van der Waals surface area contributed by atoms with E-state index in [1.165, 1.54) is 0 Å². The number of aliphatic hydroxyl groups is 1. The van der Waals surface area contributed by atoms with Crippen LogP contribution in [0.1, 0.15) is 101 Å². The molecule has 2 amide bonds. The van der Waals surface area contributed by atoms with E-state index in [-0.39, 0.29) is 42.7 Å². The first-order chi connectivity index (χ1) is 24.5. The minimum absolute atomic E-state index is 0.0204. The van der Waals surface area contributed by atoms with Crippen LogP contribution in [-0.4, -0.2) is 97.3 Å². The molecular weight excluding hydrogens is 662 g/mol. The number of anilines is 2. The van der Waals surface area contributed by atoms with Crippen LogP contribution in [0.4, 0.5) is 16.2 Å². The zero-order valence-corrected chi connectivity index (χ0v) is 33.2. The number of piperidine rings is 1. The second-order valence-electron chi connectivity index (χ2n) is 17.4. The van der Waals surface area contributed by atoms with Crippen LogP contribution in [0, 0.1) is 35.5 Å². The monoisotopic (exact) mass is 727 g/mol. The summed E-state index contributed by atoms with van der Waals surface area (Å²) in [5, 5.41) is 11.4. The van der Waals surface area contributed by atoms with Crippen molar-refractivity contribution in [3.05, 3.63) is 18.2 Å². The lowest BCUT2D eigenvalue weighted by molar-refractivity contribution is -0.130. The number of carbonyl (C=O) groups is 3. The van der Waals surface area contributed by atoms with Crippen molar-refractivity contribution in [1.82, 2.24) is 4.90 Å². The number of rotatable bonds is 16. The molecule has 2 heterocycles. The van der Waals surface area contributed by atoms with Crippen LogP contribution in [0.3, 0.4) is 0 Å². The molecule has 3 unspecified atom stereocenters. The van der Waals surface area contributed by atoms with Gasteiger partial charge >= 0.3 is 6.09 Å². The predicted octanol–water partition coefficient (Wildman–Crippen LogP) is 6.68. The molecule has 1 saturated heterocycles. The van der Waals surface area contributed by atoms with Crippen molar-refractivity contribution in [2.45, 2.75) is 124 Å². The lowest BCUT2D eigenvalue weighted by Gasteiger charge is -2.45. The average Bonchev–Trinajstić information content (AvgIpc) is 4.01. The van der Waals surface area contributed by atoms with Gasteiger partial charge in [-0.3, -0.25) is 9.59 Å². The summed E-state index contributed by atoms with van der Waals surface area (Å²) in [6.07, 6.45) is 3.46. The largest absolute Gasteiger partial charge is 0.481 e. The van der Waals surface area contributed by atoms with E-state index in [4.69, 9.17) is 18.9 Å². The van der Waals surface area contributed by atoms with E-state index in [0.717, 1.165) is 32.1 Å². The second kappa shape index (κ2) is 16.6. The number of amides is 2. The van der Waals surface area contributed by atoms with Crippen LogP contribution in [0.2, 0.25) is 0 Å². The Balaban J connectivity index is 1.40. The smallest absolute Gasteiger partial charge is 0.410 e. The summed E-state index contributed by atoms with van der Waals surface area (Å²) in [5.41, 5.74) is -0.139. The molecule has 2 saturated carbocycles. The predicted molar refractivity (Wildman–Crippen MR) is 202 cm³/mol. The topological polar surface area (TPSA) is 118 Å². The molecule has 2 aliphatic heterocycles. The number of ketones is 1. The lowest BCUT2D eigenvalue weighted by atomic mass is 9.82. The van der Waals surface area contributed by atoms with E-state index in [0.29, 0.717) is 68.4 Å². The molecule has 52 heavy (non-hydrogen) atoms. The van der Waals surface area contributed by atoms with Crippen LogP contribution in [0.5, 0.6) is 5.75 Å². The van der Waals surface area contributed by atoms with Crippen molar-refractivity contribution in [2.24, 2.45) is 35.5 Å². The molecule has 3 fully saturated rings. The van der Waals surface area contributed by atoms with Gasteiger partial charge in [0.15, 0.2) is 6.23 Å². The highest BCUT2D eigenvalue weighted by Crippen LogP contribution is 2.50. The SMILES string of the molecule is CCCOCCN1c2cc(N(C(=O)[C@@H]3C[C@H](C(=O)C4CC4[C@@H](COCC)CC(C)C)CN(C(=O)OC(C)(C)C)C3)C3CC3)ccc2OC(C)(C)C1O. The first-order valence-corrected chi connectivity index (χ1v) is 19.8. The van der Waals surface area contributed by atoms with Gasteiger partial charge in [0.25, 0.3) is 0 Å². The standard InChI is InChI=1S/C41H65N3O8/c1-10-17-50-18-16-43-34-21-31(14-15-35(34)51-41(8,9)38(43)47)44(30-12-13-30)37(46)28-20-27(23-42(24-28)39(48)52-40(5,6)7)36(45)33-22-32(33)29(19-26(3)4)25-49-11-2/h14-15,21,26-30,32-33,38,47H,10-13,16-20,22-25H2,1-9H3/t27-,28+,29+,32?,33?,38?/m0/s1. The molecule has 2 aliphatic carbocycles. The fraction of sp³-hybridized carbons (Fsp3) is 0.780. The molecule has 0 aromatic heterocycles. The molecule has 1 aromatic rings. The zero-order valence-electron chi connectivity index (χ0n) is 33.2. The molecule has 292 valence electrons. The third-order valence-corrected chi connectivity index (χ3v) is 10.8. The molecule has 1 N–H and O–H groups in total. The highest BCUT2D eigenvalue weighted by molar-refractivity contribution is 5.98. The van der Waals surface area contributed by atoms with E-state index >= 15 is 0 Å². The third kappa shape index (κ3) is 9.80. The van der Waals surface area contributed by atoms with Gasteiger partial charge in [-0.1, -0.05) is 20.8 Å². The van der Waals surface area contributed by atoms with Crippen LogP contribution >= 0.6 is 0 Å². The number of fused-ring (bicyclic) bond motifs is 1. The number of likely N-dealkylation sites (tertiary alicyclic amines) is 1. The summed E-state index contributed by atoms with van der Waals surface area (Å²) >= 11 is 0. The van der Waals surface area contributed by atoms with Gasteiger partial charge in [-0.15, -0.1) is 0 Å². The summed E-state index contributed by atoms with van der Waals surface area (Å²) in [6.45, 7) is 21.0. The fourth-order valence-electron chi connectivity index (χ4n) is 8.08. The molecule has 6 atom stereocenters. The van der Waals surface area contributed by atoms with Crippen molar-refractivity contribution in [3.63, 3.8) is 0 Å². The average molecular weight is 728 g/mol. The van der Waals surface area contributed by atoms with E-state index in [2.05, 4.69) is 20.8 Å². The Labute approximate surface area is 311 Å². The maximum atomic E-state index is 14.8. The Morgan fingerprint density at radius 2 is 1.75 bits per heavy atom. The van der Waals surface area contributed by atoms with Crippen LogP contribution in [0.15, 0.2) is 18.2 Å². The van der Waals surface area contributed by atoms with Crippen LogP contribution in [-0.2, 0) is 23.8 Å². The zero-order chi connectivity index (χ0) is 38.0. The highest BCUT2D eigenvalue weighted by atomic mass is 16.6. The summed E-state index contributed by atoms with van der Waals surface area (Å²) in [6, 6.07) is 5.74. The van der Waals surface area contributed by atoms with Crippen molar-refractivity contribution < 1.29 is 38.4 Å². The van der Waals surface area contributed by atoms with Crippen molar-refractivity contribution in [3.8, 4) is 5.75 Å². The molecule has 4 aliphatic rings. The van der Waals surface area contributed by atoms with Crippen molar-refractivity contribution >= 4 is 29.2 Å². The molecule has 0 spiro atoms. The second-order valence-corrected chi connectivity index (χ2v) is 17.4. The van der Waals surface area contributed by atoms with Gasteiger partial charge in [-0.2, -0.15) is 0 Å². The maximum Gasteiger partial charge on any atom is 0.410 e. The Morgan fingerprint density at radius 3 is 2.38 bits per heavy atom. The quantitative estimate of drug-likeness (QED) is 0.186. The first kappa shape index (κ1) is 40.3. The first-order valence-electron chi connectivity index (χ1n) is 19.8. The summed E-state index contributed by atoms with van der Waals surface area (Å²) in [7, 11) is 0. The molecule has 0 radical (unpaired) electrons. The van der Waals surface area contributed by atoms with Crippen molar-refractivity contribution in [2.75, 3.05) is 55.9 Å². The van der Waals surface area contributed by atoms with E-state index in [9.17, 15) is 19.5 Å². The number of carbonyl (C=O) groups excluding carboxylic acids is 3. The van der Waals surface area contributed by atoms with Gasteiger partial charge in [0.1, 0.15) is 22.7 Å². The summed E-state index contributed by atoms with van der Waals surface area (Å²) in [5.74, 6) is 0.683. The highest BCUT2D eigenvalue weighted by Gasteiger charge is 2.52. The van der Waals surface area contributed by atoms with Gasteiger partial charge in [0, 0.05) is 63.0 Å². The Morgan fingerprint density at radius 1 is 1.04 bits per heavy atom. The van der Waals surface area contributed by atoms with Crippen LogP contribution < -0.4 is 14.5 Å². The molecular formula is C41H65N3O8. The summed E-state index contributed by atoms with van der Waals surface area (Å²) in [4.78, 5) is 47.9. The molecule has 0 bridgehead atoms. The molecule has 1 aromatic carbocycles. The normalized spacial score (nSPS) is 26.0. The lowest BCUT2D eigenvalue weighted by Crippen LogP contribution is -2.57. The van der Waals surface area contributed by atoms with Gasteiger partial charge in [-0.05, 0) is 116 Å². The number of nitrogens with zero attached hydrogens (tertiary/aromatic N) is 3. The van der Waals surface area contributed by atoms with Gasteiger partial charge in [-0.25, -0.2) is 4.79 Å². The number of hydrogen-bond acceptors (Lipinski definition) is 9. The number of hydrogen-bond donors (Lipinski definition) is 1. The molecule has 11 heteroatoms. The number of ether oxygens (including phenoxy) is 4. The Bertz CT molecular complexity index is 1400. The number of aliphatic hydroxyl groups excluding tert-OH is 1. The number of Topliss-reactive ketones (excluding diaryl/α,β-unsaturated/α-hetero) is 1. The number of benzene rings is 1. The van der Waals surface area contributed by atoms with Crippen molar-refractivity contribution in [1.29, 1.82) is 0 Å².